The standard InChI is InChI=1S/C19H28N2O3.C13H15NO3/c1-23-18-9-13-20(14-10-18)17-7-11-21(12-8-17)19(22)24-15-16-5-3-2-4-6-16;15-12-6-8-14(9-7-12)13(16)17-10-11-4-2-1-3-5-11/h2-6,17-18H,7-15H2,1H3;1-5H,6-10H2. The first-order valence-electron chi connectivity index (χ1n) is 14.7. The zero-order valence-corrected chi connectivity index (χ0v) is 24.1. The van der Waals surface area contributed by atoms with Crippen molar-refractivity contribution in [2.24, 2.45) is 0 Å². The molecule has 2 amide bonds. The molecule has 0 aromatic heterocycles. The number of ketones is 1. The third-order valence-corrected chi connectivity index (χ3v) is 8.04. The molecule has 0 spiro atoms. The monoisotopic (exact) mass is 565 g/mol. The van der Waals surface area contributed by atoms with E-state index in [0.29, 0.717) is 44.7 Å². The predicted molar refractivity (Wildman–Crippen MR) is 155 cm³/mol. The maximum absolute atomic E-state index is 12.2. The van der Waals surface area contributed by atoms with Gasteiger partial charge in [0.05, 0.1) is 6.10 Å². The molecule has 2 aromatic rings. The van der Waals surface area contributed by atoms with Crippen molar-refractivity contribution in [2.75, 3.05) is 46.4 Å². The summed E-state index contributed by atoms with van der Waals surface area (Å²) in [7, 11) is 1.81. The normalized spacial score (nSPS) is 18.8. The molecule has 0 atom stereocenters. The Morgan fingerprint density at radius 1 is 0.683 bits per heavy atom. The van der Waals surface area contributed by atoms with Gasteiger partial charge in [0.15, 0.2) is 0 Å². The maximum Gasteiger partial charge on any atom is 0.410 e. The highest BCUT2D eigenvalue weighted by molar-refractivity contribution is 5.81. The Morgan fingerprint density at radius 3 is 1.61 bits per heavy atom. The second-order valence-corrected chi connectivity index (χ2v) is 10.8. The predicted octanol–water partition coefficient (Wildman–Crippen LogP) is 4.89. The van der Waals surface area contributed by atoms with Crippen LogP contribution < -0.4 is 0 Å². The van der Waals surface area contributed by atoms with Crippen molar-refractivity contribution < 1.29 is 28.6 Å². The zero-order chi connectivity index (χ0) is 28.9. The van der Waals surface area contributed by atoms with Crippen LogP contribution in [0.25, 0.3) is 0 Å². The Bertz CT molecular complexity index is 1070. The average Bonchev–Trinajstić information content (AvgIpc) is 3.04. The molecule has 9 nitrogen and oxygen atoms in total. The van der Waals surface area contributed by atoms with E-state index in [-0.39, 0.29) is 24.6 Å². The van der Waals surface area contributed by atoms with Crippen LogP contribution in [-0.4, -0.2) is 91.2 Å². The van der Waals surface area contributed by atoms with Crippen LogP contribution in [0.3, 0.4) is 0 Å². The molecule has 0 bridgehead atoms. The van der Waals surface area contributed by atoms with E-state index < -0.39 is 0 Å². The van der Waals surface area contributed by atoms with E-state index in [4.69, 9.17) is 14.2 Å². The summed E-state index contributed by atoms with van der Waals surface area (Å²) in [6, 6.07) is 20.0. The second kappa shape index (κ2) is 16.1. The van der Waals surface area contributed by atoms with Gasteiger partial charge in [-0.1, -0.05) is 60.7 Å². The summed E-state index contributed by atoms with van der Waals surface area (Å²) in [5, 5.41) is 0. The van der Waals surface area contributed by atoms with Crippen LogP contribution in [0.2, 0.25) is 0 Å². The Kier molecular flexibility index (Phi) is 12.0. The van der Waals surface area contributed by atoms with Crippen molar-refractivity contribution in [3.8, 4) is 0 Å². The van der Waals surface area contributed by atoms with Crippen molar-refractivity contribution >= 4 is 18.0 Å². The van der Waals surface area contributed by atoms with E-state index in [0.717, 1.165) is 63.0 Å². The molecule has 3 heterocycles. The second-order valence-electron chi connectivity index (χ2n) is 10.8. The largest absolute Gasteiger partial charge is 0.445 e. The number of methoxy groups -OCH3 is 1. The van der Waals surface area contributed by atoms with Crippen LogP contribution in [0, 0.1) is 0 Å². The van der Waals surface area contributed by atoms with Gasteiger partial charge in [0.1, 0.15) is 19.0 Å². The molecular weight excluding hydrogens is 522 g/mol. The number of carbonyl (C=O) groups excluding carboxylic acids is 3. The number of piperidine rings is 3. The highest BCUT2D eigenvalue weighted by atomic mass is 16.6. The number of Topliss-reactive ketones (excluding diaryl/α,β-unsaturated/α-hetero) is 1. The van der Waals surface area contributed by atoms with Gasteiger partial charge < -0.3 is 28.9 Å². The van der Waals surface area contributed by atoms with Gasteiger partial charge in [-0.15, -0.1) is 0 Å². The van der Waals surface area contributed by atoms with Gasteiger partial charge >= 0.3 is 12.2 Å². The molecule has 0 saturated carbocycles. The average molecular weight is 566 g/mol. The van der Waals surface area contributed by atoms with E-state index in [1.165, 1.54) is 0 Å². The van der Waals surface area contributed by atoms with Crippen molar-refractivity contribution in [1.82, 2.24) is 14.7 Å². The van der Waals surface area contributed by atoms with Gasteiger partial charge in [-0.3, -0.25) is 4.79 Å². The minimum Gasteiger partial charge on any atom is -0.445 e. The summed E-state index contributed by atoms with van der Waals surface area (Å²) in [4.78, 5) is 40.9. The highest BCUT2D eigenvalue weighted by Crippen LogP contribution is 2.22. The molecule has 0 unspecified atom stereocenters. The summed E-state index contributed by atoms with van der Waals surface area (Å²) in [6.07, 6.45) is 5.12. The van der Waals surface area contributed by atoms with Crippen molar-refractivity contribution in [2.45, 2.75) is 63.9 Å². The minimum absolute atomic E-state index is 0.185. The molecular formula is C32H43N3O6. The number of benzene rings is 2. The Morgan fingerprint density at radius 2 is 1.15 bits per heavy atom. The Balaban J connectivity index is 0.000000201. The summed E-state index contributed by atoms with van der Waals surface area (Å²) in [5.41, 5.74) is 2.00. The van der Waals surface area contributed by atoms with Crippen LogP contribution in [-0.2, 0) is 32.2 Å². The lowest BCUT2D eigenvalue weighted by Gasteiger charge is -2.41. The first-order chi connectivity index (χ1) is 20.0. The molecule has 3 saturated heterocycles. The maximum atomic E-state index is 12.2. The van der Waals surface area contributed by atoms with E-state index in [9.17, 15) is 14.4 Å². The third kappa shape index (κ3) is 9.86. The number of rotatable bonds is 6. The first kappa shape index (κ1) is 30.5. The summed E-state index contributed by atoms with van der Waals surface area (Å²) in [5.74, 6) is 0.220. The van der Waals surface area contributed by atoms with Crippen LogP contribution in [0.5, 0.6) is 0 Å². The number of ether oxygens (including phenoxy) is 3. The molecule has 2 aromatic carbocycles. The number of likely N-dealkylation sites (tertiary alicyclic amines) is 3. The van der Waals surface area contributed by atoms with E-state index in [1.54, 1.807) is 12.0 Å². The zero-order valence-electron chi connectivity index (χ0n) is 24.1. The van der Waals surface area contributed by atoms with Gasteiger partial charge in [-0.2, -0.15) is 0 Å². The quantitative estimate of drug-likeness (QED) is 0.493. The van der Waals surface area contributed by atoms with Gasteiger partial charge in [-0.25, -0.2) is 9.59 Å². The molecule has 0 radical (unpaired) electrons. The molecule has 0 N–H and O–H groups in total. The highest BCUT2D eigenvalue weighted by Gasteiger charge is 2.30. The molecule has 9 heteroatoms. The number of hydrogen-bond acceptors (Lipinski definition) is 7. The fraction of sp³-hybridized carbons (Fsp3) is 0.531. The van der Waals surface area contributed by atoms with Crippen LogP contribution in [0.4, 0.5) is 9.59 Å². The summed E-state index contributed by atoms with van der Waals surface area (Å²) < 4.78 is 16.1. The minimum atomic E-state index is -0.332. The van der Waals surface area contributed by atoms with Crippen molar-refractivity contribution in [3.05, 3.63) is 71.8 Å². The SMILES string of the molecule is COC1CCN(C2CCN(C(=O)OCc3ccccc3)CC2)CC1.O=C1CCN(C(=O)OCc2ccccc2)CC1. The topological polar surface area (TPSA) is 88.6 Å². The molecule has 41 heavy (non-hydrogen) atoms. The van der Waals surface area contributed by atoms with Crippen LogP contribution in [0.1, 0.15) is 49.7 Å². The number of amides is 2. The lowest BCUT2D eigenvalue weighted by molar-refractivity contribution is -0.121. The van der Waals surface area contributed by atoms with E-state index in [2.05, 4.69) is 4.90 Å². The fourth-order valence-corrected chi connectivity index (χ4v) is 5.45. The van der Waals surface area contributed by atoms with E-state index >= 15 is 0 Å². The number of carbonyl (C=O) groups is 3. The van der Waals surface area contributed by atoms with Gasteiger partial charge in [0, 0.05) is 65.3 Å². The smallest absolute Gasteiger partial charge is 0.410 e. The molecule has 3 fully saturated rings. The molecule has 3 aliphatic rings. The lowest BCUT2D eigenvalue weighted by Crippen LogP contribution is -2.49. The molecule has 3 aliphatic heterocycles. The fourth-order valence-electron chi connectivity index (χ4n) is 5.45. The number of nitrogens with zero attached hydrogens (tertiary/aromatic N) is 3. The third-order valence-electron chi connectivity index (χ3n) is 8.04. The molecule has 222 valence electrons. The van der Waals surface area contributed by atoms with Crippen LogP contribution in [0.15, 0.2) is 60.7 Å². The Labute approximate surface area is 243 Å². The van der Waals surface area contributed by atoms with Crippen molar-refractivity contribution in [3.63, 3.8) is 0 Å². The lowest BCUT2D eigenvalue weighted by atomic mass is 9.99. The summed E-state index contributed by atoms with van der Waals surface area (Å²) >= 11 is 0. The van der Waals surface area contributed by atoms with Gasteiger partial charge in [0.25, 0.3) is 0 Å². The van der Waals surface area contributed by atoms with Gasteiger partial charge in [0.2, 0.25) is 0 Å². The molecule has 5 rings (SSSR count). The van der Waals surface area contributed by atoms with Gasteiger partial charge in [-0.05, 0) is 36.8 Å². The number of hydrogen-bond donors (Lipinski definition) is 0. The first-order valence-corrected chi connectivity index (χ1v) is 14.7. The summed E-state index contributed by atoms with van der Waals surface area (Å²) in [6.45, 7) is 5.40. The van der Waals surface area contributed by atoms with Crippen LogP contribution >= 0.6 is 0 Å². The van der Waals surface area contributed by atoms with Crippen molar-refractivity contribution in [1.29, 1.82) is 0 Å². The van der Waals surface area contributed by atoms with E-state index in [1.807, 2.05) is 65.6 Å². The molecule has 0 aliphatic carbocycles. The Hall–Kier alpha value is -3.43.